The largest absolute Gasteiger partial charge is 0.456 e. The van der Waals surface area contributed by atoms with Crippen molar-refractivity contribution in [3.8, 4) is 51.0 Å². The number of fused-ring (bicyclic) bond motifs is 11. The van der Waals surface area contributed by atoms with Gasteiger partial charge in [-0.05, 0) is 98.8 Å². The molecule has 0 N–H and O–H groups in total. The third-order valence-electron chi connectivity index (χ3n) is 12.2. The van der Waals surface area contributed by atoms with Crippen molar-refractivity contribution in [3.63, 3.8) is 0 Å². The van der Waals surface area contributed by atoms with E-state index in [0.29, 0.717) is 17.5 Å². The van der Waals surface area contributed by atoms with Gasteiger partial charge in [0.15, 0.2) is 17.5 Å². The van der Waals surface area contributed by atoms with Crippen LogP contribution < -0.4 is 0 Å². The highest BCUT2D eigenvalue weighted by Gasteiger charge is 2.23. The predicted octanol–water partition coefficient (Wildman–Crippen LogP) is 13.7. The molecule has 1 aliphatic carbocycles. The van der Waals surface area contributed by atoms with Crippen LogP contribution in [0.25, 0.3) is 116 Å². The number of benzene rings is 9. The predicted molar refractivity (Wildman–Crippen MR) is 241 cm³/mol. The quantitative estimate of drug-likeness (QED) is 0.180. The fourth-order valence-corrected chi connectivity index (χ4v) is 9.43. The number of rotatable bonds is 4. The van der Waals surface area contributed by atoms with Crippen molar-refractivity contribution in [2.24, 2.45) is 0 Å². The Morgan fingerprint density at radius 1 is 0.390 bits per heavy atom. The van der Waals surface area contributed by atoms with Crippen molar-refractivity contribution >= 4 is 65.3 Å². The Labute approximate surface area is 338 Å². The lowest BCUT2D eigenvalue weighted by Crippen LogP contribution is -2.02. The van der Waals surface area contributed by atoms with Gasteiger partial charge in [-0.3, -0.25) is 0 Å². The van der Waals surface area contributed by atoms with Crippen LogP contribution in [0.15, 0.2) is 186 Å². The summed E-state index contributed by atoms with van der Waals surface area (Å²) in [5.74, 6) is 1.83. The van der Waals surface area contributed by atoms with Gasteiger partial charge >= 0.3 is 0 Å². The van der Waals surface area contributed by atoms with Crippen molar-refractivity contribution in [2.45, 2.75) is 6.42 Å². The molecule has 0 spiro atoms. The molecule has 12 aromatic rings. The first-order valence-corrected chi connectivity index (χ1v) is 20.1. The molecule has 0 saturated carbocycles. The highest BCUT2D eigenvalue weighted by Crippen LogP contribution is 2.43. The van der Waals surface area contributed by atoms with Crippen LogP contribution in [-0.4, -0.2) is 19.5 Å². The summed E-state index contributed by atoms with van der Waals surface area (Å²) in [6.07, 6.45) is 0.884. The second-order valence-electron chi connectivity index (χ2n) is 15.6. The zero-order valence-electron chi connectivity index (χ0n) is 31.7. The van der Waals surface area contributed by atoms with Crippen LogP contribution in [0.1, 0.15) is 11.1 Å². The highest BCUT2D eigenvalue weighted by atomic mass is 16.3. The van der Waals surface area contributed by atoms with E-state index >= 15 is 0 Å². The summed E-state index contributed by atoms with van der Waals surface area (Å²) in [6, 6.07) is 64.7. The first-order valence-electron chi connectivity index (χ1n) is 20.1. The van der Waals surface area contributed by atoms with E-state index in [1.54, 1.807) is 0 Å². The minimum Gasteiger partial charge on any atom is -0.456 e. The Morgan fingerprint density at radius 3 is 1.86 bits per heavy atom. The van der Waals surface area contributed by atoms with Gasteiger partial charge in [0.05, 0.1) is 22.1 Å². The van der Waals surface area contributed by atoms with E-state index in [-0.39, 0.29) is 0 Å². The van der Waals surface area contributed by atoms with Gasteiger partial charge in [0.1, 0.15) is 11.2 Å². The Hall–Kier alpha value is -7.89. The summed E-state index contributed by atoms with van der Waals surface area (Å²) in [7, 11) is 0. The highest BCUT2D eigenvalue weighted by molar-refractivity contribution is 6.17. The number of nitrogens with zero attached hydrogens (tertiary/aromatic N) is 4. The Kier molecular flexibility index (Phi) is 6.72. The van der Waals surface area contributed by atoms with E-state index in [1.807, 2.05) is 12.1 Å². The second kappa shape index (κ2) is 12.3. The van der Waals surface area contributed by atoms with Crippen molar-refractivity contribution in [3.05, 3.63) is 193 Å². The average Bonchev–Trinajstić information content (AvgIpc) is 3.96. The van der Waals surface area contributed by atoms with Crippen molar-refractivity contribution in [1.82, 2.24) is 19.5 Å². The van der Waals surface area contributed by atoms with Crippen LogP contribution >= 0.6 is 0 Å². The second-order valence-corrected chi connectivity index (χ2v) is 15.6. The molecular weight excluding hydrogens is 721 g/mol. The van der Waals surface area contributed by atoms with Crippen molar-refractivity contribution < 1.29 is 4.42 Å². The fourth-order valence-electron chi connectivity index (χ4n) is 9.43. The molecule has 5 heteroatoms. The van der Waals surface area contributed by atoms with Gasteiger partial charge in [-0.15, -0.1) is 0 Å². The first-order chi connectivity index (χ1) is 29.2. The summed E-state index contributed by atoms with van der Waals surface area (Å²) in [4.78, 5) is 15.8. The maximum atomic E-state index is 6.72. The van der Waals surface area contributed by atoms with Gasteiger partial charge in [-0.2, -0.15) is 0 Å². The van der Waals surface area contributed by atoms with Crippen LogP contribution in [0.5, 0.6) is 0 Å². The van der Waals surface area contributed by atoms with Crippen LogP contribution in [0.3, 0.4) is 0 Å². The molecule has 0 aliphatic heterocycles. The summed E-state index contributed by atoms with van der Waals surface area (Å²) >= 11 is 0. The van der Waals surface area contributed by atoms with Crippen molar-refractivity contribution in [1.29, 1.82) is 0 Å². The maximum absolute atomic E-state index is 6.72. The maximum Gasteiger partial charge on any atom is 0.164 e. The molecule has 3 heterocycles. The molecule has 0 radical (unpaired) electrons. The Bertz CT molecular complexity index is 3720. The van der Waals surface area contributed by atoms with E-state index in [2.05, 4.69) is 174 Å². The standard InChI is InChI=1S/C54H32N4O/c1-2-12-33-25-37(22-21-32(33)11-1)52-55-53(38-23-24-42-39(27-38)26-36-15-5-6-16-41(36)42)57-54(56-52)40-30-48(51-44-18-8-10-20-49(44)59-50(51)31-40)58-46-19-9-7-17-43(46)45-28-34-13-3-4-14-35(34)29-47(45)58/h1-25,27-31H,26H2. The molecule has 0 bridgehead atoms. The molecule has 13 rings (SSSR count). The molecule has 0 saturated heterocycles. The van der Waals surface area contributed by atoms with E-state index in [9.17, 15) is 0 Å². The lowest BCUT2D eigenvalue weighted by molar-refractivity contribution is 0.669. The number of aromatic nitrogens is 4. The summed E-state index contributed by atoms with van der Waals surface area (Å²) in [5, 5.41) is 9.20. The topological polar surface area (TPSA) is 56.7 Å². The van der Waals surface area contributed by atoms with Gasteiger partial charge in [0, 0.05) is 32.8 Å². The minimum atomic E-state index is 0.580. The van der Waals surface area contributed by atoms with E-state index in [1.165, 1.54) is 49.2 Å². The lowest BCUT2D eigenvalue weighted by atomic mass is 10.0. The third-order valence-corrected chi connectivity index (χ3v) is 12.2. The van der Waals surface area contributed by atoms with Gasteiger partial charge in [0.25, 0.3) is 0 Å². The fraction of sp³-hybridized carbons (Fsp3) is 0.0185. The molecule has 59 heavy (non-hydrogen) atoms. The Morgan fingerprint density at radius 2 is 1.02 bits per heavy atom. The number of hydrogen-bond donors (Lipinski definition) is 0. The summed E-state index contributed by atoms with van der Waals surface area (Å²) in [6.45, 7) is 0. The molecule has 3 aromatic heterocycles. The minimum absolute atomic E-state index is 0.580. The summed E-state index contributed by atoms with van der Waals surface area (Å²) in [5.41, 5.74) is 12.8. The van der Waals surface area contributed by atoms with Gasteiger partial charge in [-0.25, -0.2) is 15.0 Å². The Balaban J connectivity index is 1.09. The molecule has 0 atom stereocenters. The van der Waals surface area contributed by atoms with Gasteiger partial charge in [-0.1, -0.05) is 133 Å². The normalized spacial score (nSPS) is 12.3. The van der Waals surface area contributed by atoms with Crippen LogP contribution in [0.2, 0.25) is 0 Å². The monoisotopic (exact) mass is 752 g/mol. The van der Waals surface area contributed by atoms with Gasteiger partial charge in [0.2, 0.25) is 0 Å². The molecule has 274 valence electrons. The molecule has 0 fully saturated rings. The molecular formula is C54H32N4O. The zero-order chi connectivity index (χ0) is 38.6. The molecule has 9 aromatic carbocycles. The SMILES string of the molecule is c1ccc2c(c1)Cc1cc(-c3nc(-c4ccc5ccccc5c4)nc(-c4cc(-n5c6ccccc6c6cc7ccccc7cc65)c5c(c4)oc4ccccc45)n3)ccc1-2. The van der Waals surface area contributed by atoms with Crippen LogP contribution in [-0.2, 0) is 6.42 Å². The molecule has 5 nitrogen and oxygen atoms in total. The number of para-hydroxylation sites is 2. The molecule has 1 aliphatic rings. The smallest absolute Gasteiger partial charge is 0.164 e. The summed E-state index contributed by atoms with van der Waals surface area (Å²) < 4.78 is 9.12. The van der Waals surface area contributed by atoms with Gasteiger partial charge < -0.3 is 8.98 Å². The third kappa shape index (κ3) is 4.95. The molecule has 0 unspecified atom stereocenters. The van der Waals surface area contributed by atoms with Crippen LogP contribution in [0, 0.1) is 0 Å². The molecule has 0 amide bonds. The number of hydrogen-bond acceptors (Lipinski definition) is 4. The van der Waals surface area contributed by atoms with E-state index < -0.39 is 0 Å². The average molecular weight is 753 g/mol. The van der Waals surface area contributed by atoms with E-state index in [4.69, 9.17) is 19.4 Å². The lowest BCUT2D eigenvalue weighted by Gasteiger charge is -2.14. The van der Waals surface area contributed by atoms with E-state index in [0.717, 1.165) is 67.2 Å². The first kappa shape index (κ1) is 32.2. The van der Waals surface area contributed by atoms with Crippen molar-refractivity contribution in [2.75, 3.05) is 0 Å². The van der Waals surface area contributed by atoms with Crippen LogP contribution in [0.4, 0.5) is 0 Å². The zero-order valence-corrected chi connectivity index (χ0v) is 31.7. The number of furan rings is 1.